The first kappa shape index (κ1) is 22.5. The topological polar surface area (TPSA) is 86.4 Å². The third kappa shape index (κ3) is 4.87. The van der Waals surface area contributed by atoms with E-state index in [0.29, 0.717) is 36.1 Å². The van der Waals surface area contributed by atoms with Crippen molar-refractivity contribution in [2.75, 3.05) is 23.8 Å². The first-order chi connectivity index (χ1) is 15.1. The van der Waals surface area contributed by atoms with E-state index in [-0.39, 0.29) is 43.0 Å². The molecule has 7 nitrogen and oxygen atoms in total. The summed E-state index contributed by atoms with van der Waals surface area (Å²) in [5.41, 5.74) is 6.39. The number of nitrogens with two attached hydrogens (primary N) is 1. The predicted molar refractivity (Wildman–Crippen MR) is 110 cm³/mol. The molecule has 2 aromatic rings. The highest BCUT2D eigenvalue weighted by Gasteiger charge is 2.41. The van der Waals surface area contributed by atoms with Gasteiger partial charge in [0.05, 0.1) is 24.4 Å². The number of hydrogen-bond acceptors (Lipinski definition) is 7. The Morgan fingerprint density at radius 2 is 2.03 bits per heavy atom. The lowest BCUT2D eigenvalue weighted by atomic mass is 10.1. The number of nitrogens with zero attached hydrogens (tertiary/aromatic N) is 4. The van der Waals surface area contributed by atoms with Gasteiger partial charge in [0.15, 0.2) is 11.6 Å². The molecule has 4 rings (SSSR count). The molecule has 0 radical (unpaired) electrons. The SMILES string of the molecule is C[C@H]1CN(c2cc(-c3cnc(N)c(OC(F)F)c3)nc(C3CCC(F)(F)C3)n2)[C@@H](C)CO1. The van der Waals surface area contributed by atoms with Gasteiger partial charge < -0.3 is 20.1 Å². The first-order valence-corrected chi connectivity index (χ1v) is 10.5. The largest absolute Gasteiger partial charge is 0.431 e. The van der Waals surface area contributed by atoms with Gasteiger partial charge >= 0.3 is 6.61 Å². The molecule has 0 aromatic carbocycles. The zero-order valence-corrected chi connectivity index (χ0v) is 17.8. The van der Waals surface area contributed by atoms with Crippen molar-refractivity contribution in [1.29, 1.82) is 0 Å². The van der Waals surface area contributed by atoms with E-state index >= 15 is 0 Å². The van der Waals surface area contributed by atoms with Gasteiger partial charge in [-0.1, -0.05) is 0 Å². The van der Waals surface area contributed by atoms with E-state index in [0.717, 1.165) is 0 Å². The number of ether oxygens (including phenoxy) is 2. The summed E-state index contributed by atoms with van der Waals surface area (Å²) in [6.07, 6.45) is 1.07. The fraction of sp³-hybridized carbons (Fsp3) is 0.571. The first-order valence-electron chi connectivity index (χ1n) is 10.5. The highest BCUT2D eigenvalue weighted by atomic mass is 19.3. The number of morpholine rings is 1. The summed E-state index contributed by atoms with van der Waals surface area (Å²) in [5.74, 6) is -2.86. The van der Waals surface area contributed by atoms with Crippen LogP contribution in [0.5, 0.6) is 5.75 Å². The van der Waals surface area contributed by atoms with Gasteiger partial charge in [-0.3, -0.25) is 0 Å². The summed E-state index contributed by atoms with van der Waals surface area (Å²) in [6, 6.07) is 3.03. The van der Waals surface area contributed by atoms with Gasteiger partial charge in [-0.15, -0.1) is 0 Å². The second kappa shape index (κ2) is 8.68. The van der Waals surface area contributed by atoms with Gasteiger partial charge in [-0.05, 0) is 26.3 Å². The van der Waals surface area contributed by atoms with E-state index in [1.54, 1.807) is 6.07 Å². The Kier molecular flexibility index (Phi) is 6.11. The highest BCUT2D eigenvalue weighted by molar-refractivity contribution is 5.66. The molecule has 1 saturated carbocycles. The lowest BCUT2D eigenvalue weighted by Gasteiger charge is -2.38. The van der Waals surface area contributed by atoms with Crippen LogP contribution in [0.25, 0.3) is 11.3 Å². The third-order valence-corrected chi connectivity index (χ3v) is 5.79. The lowest BCUT2D eigenvalue weighted by Crippen LogP contribution is -2.48. The van der Waals surface area contributed by atoms with Crippen molar-refractivity contribution >= 4 is 11.6 Å². The van der Waals surface area contributed by atoms with E-state index in [9.17, 15) is 17.6 Å². The minimum Gasteiger partial charge on any atom is -0.431 e. The number of anilines is 2. The molecule has 2 aromatic heterocycles. The molecule has 0 bridgehead atoms. The molecule has 2 aliphatic rings. The van der Waals surface area contributed by atoms with Crippen LogP contribution in [0.15, 0.2) is 18.3 Å². The van der Waals surface area contributed by atoms with E-state index < -0.39 is 18.5 Å². The Hall–Kier alpha value is -2.69. The van der Waals surface area contributed by atoms with E-state index in [1.165, 1.54) is 12.3 Å². The van der Waals surface area contributed by atoms with Crippen LogP contribution in [0, 0.1) is 0 Å². The minimum absolute atomic E-state index is 0.00842. The van der Waals surface area contributed by atoms with Crippen LogP contribution in [0.1, 0.15) is 44.9 Å². The predicted octanol–water partition coefficient (Wildman–Crippen LogP) is 4.24. The number of aromatic nitrogens is 3. The van der Waals surface area contributed by atoms with Crippen LogP contribution < -0.4 is 15.4 Å². The van der Waals surface area contributed by atoms with Crippen LogP contribution in [-0.4, -0.2) is 52.8 Å². The lowest BCUT2D eigenvalue weighted by molar-refractivity contribution is -0.0494. The maximum Gasteiger partial charge on any atom is 0.387 e. The molecule has 174 valence electrons. The molecule has 0 amide bonds. The summed E-state index contributed by atoms with van der Waals surface area (Å²) in [5, 5.41) is 0. The highest BCUT2D eigenvalue weighted by Crippen LogP contribution is 2.44. The summed E-state index contributed by atoms with van der Waals surface area (Å²) in [4.78, 5) is 15.1. The van der Waals surface area contributed by atoms with Crippen molar-refractivity contribution in [3.63, 3.8) is 0 Å². The fourth-order valence-electron chi connectivity index (χ4n) is 4.11. The Morgan fingerprint density at radius 1 is 1.25 bits per heavy atom. The Labute approximate surface area is 183 Å². The van der Waals surface area contributed by atoms with Crippen molar-refractivity contribution in [2.24, 2.45) is 0 Å². The summed E-state index contributed by atoms with van der Waals surface area (Å²) < 4.78 is 63.4. The van der Waals surface area contributed by atoms with Gasteiger partial charge in [0.2, 0.25) is 5.92 Å². The summed E-state index contributed by atoms with van der Waals surface area (Å²) >= 11 is 0. The van der Waals surface area contributed by atoms with Crippen molar-refractivity contribution in [3.05, 3.63) is 24.2 Å². The van der Waals surface area contributed by atoms with Crippen LogP contribution >= 0.6 is 0 Å². The second-order valence-corrected chi connectivity index (χ2v) is 8.40. The molecule has 1 aliphatic carbocycles. The molecule has 11 heteroatoms. The number of hydrogen-bond donors (Lipinski definition) is 1. The molecule has 1 saturated heterocycles. The normalized spacial score (nSPS) is 25.3. The maximum absolute atomic E-state index is 13.9. The number of pyridine rings is 1. The van der Waals surface area contributed by atoms with E-state index in [1.807, 2.05) is 18.7 Å². The summed E-state index contributed by atoms with van der Waals surface area (Å²) in [7, 11) is 0. The molecular formula is C21H25F4N5O2. The fourth-order valence-corrected chi connectivity index (χ4v) is 4.11. The molecule has 32 heavy (non-hydrogen) atoms. The monoisotopic (exact) mass is 455 g/mol. The van der Waals surface area contributed by atoms with Gasteiger partial charge in [-0.2, -0.15) is 8.78 Å². The Balaban J connectivity index is 1.77. The average Bonchev–Trinajstić information content (AvgIpc) is 3.10. The van der Waals surface area contributed by atoms with Gasteiger partial charge in [0.1, 0.15) is 11.6 Å². The number of rotatable bonds is 5. The molecule has 1 unspecified atom stereocenters. The molecule has 2 fully saturated rings. The van der Waals surface area contributed by atoms with Crippen LogP contribution in [0.3, 0.4) is 0 Å². The van der Waals surface area contributed by atoms with Crippen molar-refractivity contribution < 1.29 is 27.0 Å². The van der Waals surface area contributed by atoms with E-state index in [2.05, 4.69) is 19.7 Å². The molecule has 0 spiro atoms. The van der Waals surface area contributed by atoms with Gasteiger partial charge in [0.25, 0.3) is 0 Å². The smallest absolute Gasteiger partial charge is 0.387 e. The van der Waals surface area contributed by atoms with Crippen molar-refractivity contribution in [3.8, 4) is 17.0 Å². The third-order valence-electron chi connectivity index (χ3n) is 5.79. The minimum atomic E-state index is -3.07. The molecule has 3 atom stereocenters. The number of nitrogen functional groups attached to an aromatic ring is 1. The van der Waals surface area contributed by atoms with Gasteiger partial charge in [0, 0.05) is 43.1 Å². The standard InChI is InChI=1S/C21H25F4N5O2/c1-11-10-31-12(2)9-30(11)17-6-15(14-5-16(32-20(22)23)18(26)27-8-14)28-19(29-17)13-3-4-21(24,25)7-13/h5-6,8,11-13,20H,3-4,7,9-10H2,1-2H3,(H2,26,27)/t11-,12-,13?/m0/s1. The second-order valence-electron chi connectivity index (χ2n) is 8.40. The van der Waals surface area contributed by atoms with Crippen LogP contribution in [-0.2, 0) is 4.74 Å². The average molecular weight is 455 g/mol. The van der Waals surface area contributed by atoms with Crippen LogP contribution in [0.4, 0.5) is 29.2 Å². The zero-order chi connectivity index (χ0) is 23.0. The van der Waals surface area contributed by atoms with Crippen molar-refractivity contribution in [1.82, 2.24) is 15.0 Å². The number of halogens is 4. The van der Waals surface area contributed by atoms with Crippen LogP contribution in [0.2, 0.25) is 0 Å². The maximum atomic E-state index is 13.9. The molecule has 3 heterocycles. The summed E-state index contributed by atoms with van der Waals surface area (Å²) in [6.45, 7) is 1.92. The van der Waals surface area contributed by atoms with E-state index in [4.69, 9.17) is 10.5 Å². The quantitative estimate of drug-likeness (QED) is 0.675. The molecule has 2 N–H and O–H groups in total. The Morgan fingerprint density at radius 3 is 2.72 bits per heavy atom. The molecule has 1 aliphatic heterocycles. The number of alkyl halides is 4. The van der Waals surface area contributed by atoms with Gasteiger partial charge in [-0.25, -0.2) is 23.7 Å². The zero-order valence-electron chi connectivity index (χ0n) is 17.8. The Bertz CT molecular complexity index is 977. The van der Waals surface area contributed by atoms with Crippen molar-refractivity contribution in [2.45, 2.75) is 63.7 Å². The molecular weight excluding hydrogens is 430 g/mol.